The van der Waals surface area contributed by atoms with Crippen LogP contribution >= 0.6 is 0 Å². The molecular weight excluding hydrogens is 344 g/mol. The summed E-state index contributed by atoms with van der Waals surface area (Å²) in [5, 5.41) is 0. The summed E-state index contributed by atoms with van der Waals surface area (Å²) in [6, 6.07) is 17.5. The van der Waals surface area contributed by atoms with E-state index in [2.05, 4.69) is 60.4 Å². The molecule has 150 valence electrons. The second-order valence-corrected chi connectivity index (χ2v) is 7.92. The molecule has 2 aromatic rings. The van der Waals surface area contributed by atoms with Crippen molar-refractivity contribution >= 4 is 5.91 Å². The Balaban J connectivity index is 0.00000109. The maximum Gasteiger partial charge on any atom is 0.226 e. The van der Waals surface area contributed by atoms with Crippen molar-refractivity contribution in [2.24, 2.45) is 11.7 Å². The lowest BCUT2D eigenvalue weighted by molar-refractivity contribution is -0.132. The fraction of sp³-hybridized carbons (Fsp3) is 0.480. The van der Waals surface area contributed by atoms with Gasteiger partial charge in [-0.05, 0) is 55.2 Å². The van der Waals surface area contributed by atoms with Crippen LogP contribution in [0.25, 0.3) is 11.1 Å². The first kappa shape index (κ1) is 20.6. The van der Waals surface area contributed by atoms with E-state index in [-0.39, 0.29) is 12.0 Å². The molecule has 3 heteroatoms. The zero-order valence-corrected chi connectivity index (χ0v) is 17.5. The molecule has 3 unspecified atom stereocenters. The van der Waals surface area contributed by atoms with Crippen LogP contribution in [0.15, 0.2) is 48.5 Å². The van der Waals surface area contributed by atoms with Crippen LogP contribution in [-0.2, 0) is 4.79 Å². The molecule has 1 aliphatic carbocycles. The first-order valence-electron chi connectivity index (χ1n) is 10.8. The molecule has 0 spiro atoms. The van der Waals surface area contributed by atoms with E-state index in [4.69, 9.17) is 5.73 Å². The summed E-state index contributed by atoms with van der Waals surface area (Å²) in [7, 11) is 0. The molecule has 1 saturated carbocycles. The van der Waals surface area contributed by atoms with Gasteiger partial charge in [0, 0.05) is 25.0 Å². The predicted molar refractivity (Wildman–Crippen MR) is 117 cm³/mol. The summed E-state index contributed by atoms with van der Waals surface area (Å²) < 4.78 is 0. The number of benzene rings is 2. The predicted octanol–water partition coefficient (Wildman–Crippen LogP) is 5.13. The number of nitrogens with zero attached hydrogens (tertiary/aromatic N) is 1. The van der Waals surface area contributed by atoms with E-state index in [0.717, 1.165) is 38.8 Å². The summed E-state index contributed by atoms with van der Waals surface area (Å²) in [6.45, 7) is 7.82. The normalized spacial score (nSPS) is 24.0. The molecule has 1 aliphatic heterocycles. The minimum atomic E-state index is 0.148. The van der Waals surface area contributed by atoms with Crippen molar-refractivity contribution in [1.82, 2.24) is 4.90 Å². The van der Waals surface area contributed by atoms with E-state index < -0.39 is 0 Å². The first-order valence-corrected chi connectivity index (χ1v) is 10.8. The maximum absolute atomic E-state index is 13.0. The second kappa shape index (κ2) is 9.38. The third-order valence-corrected chi connectivity index (χ3v) is 5.88. The summed E-state index contributed by atoms with van der Waals surface area (Å²) in [6.07, 6.45) is 3.98. The quantitative estimate of drug-likeness (QED) is 0.804. The van der Waals surface area contributed by atoms with Gasteiger partial charge in [0.1, 0.15) is 0 Å². The van der Waals surface area contributed by atoms with Crippen molar-refractivity contribution in [2.45, 2.75) is 58.4 Å². The van der Waals surface area contributed by atoms with Gasteiger partial charge in [0.15, 0.2) is 0 Å². The van der Waals surface area contributed by atoms with Gasteiger partial charge < -0.3 is 10.6 Å². The molecule has 0 bridgehead atoms. The highest BCUT2D eigenvalue weighted by atomic mass is 16.2. The second-order valence-electron chi connectivity index (χ2n) is 7.92. The van der Waals surface area contributed by atoms with Crippen molar-refractivity contribution in [2.75, 3.05) is 13.1 Å². The lowest BCUT2D eigenvalue weighted by Crippen LogP contribution is -2.34. The molecule has 3 atom stereocenters. The molecule has 1 saturated heterocycles. The molecule has 1 heterocycles. The lowest BCUT2D eigenvalue weighted by atomic mass is 9.95. The first-order chi connectivity index (χ1) is 13.6. The average Bonchev–Trinajstić information content (AvgIpc) is 3.54. The fourth-order valence-corrected chi connectivity index (χ4v) is 4.28. The van der Waals surface area contributed by atoms with Crippen LogP contribution in [0.1, 0.15) is 56.6 Å². The zero-order valence-electron chi connectivity index (χ0n) is 17.5. The molecule has 0 aromatic heterocycles. The number of nitrogens with two attached hydrogens (primary N) is 1. The van der Waals surface area contributed by atoms with E-state index >= 15 is 0 Å². The van der Waals surface area contributed by atoms with Gasteiger partial charge in [-0.25, -0.2) is 0 Å². The van der Waals surface area contributed by atoms with E-state index in [0.29, 0.717) is 11.8 Å². The summed E-state index contributed by atoms with van der Waals surface area (Å²) in [5.41, 5.74) is 11.2. The third kappa shape index (κ3) is 4.64. The van der Waals surface area contributed by atoms with Gasteiger partial charge in [0.25, 0.3) is 0 Å². The van der Waals surface area contributed by atoms with Gasteiger partial charge in [-0.3, -0.25) is 4.79 Å². The molecule has 4 rings (SSSR count). The molecule has 2 N–H and O–H groups in total. The Hall–Kier alpha value is -2.13. The van der Waals surface area contributed by atoms with Crippen molar-refractivity contribution in [3.8, 4) is 11.1 Å². The van der Waals surface area contributed by atoms with Gasteiger partial charge >= 0.3 is 0 Å². The summed E-state index contributed by atoms with van der Waals surface area (Å²) in [5.74, 6) is 0.842. The van der Waals surface area contributed by atoms with Crippen molar-refractivity contribution < 1.29 is 4.79 Å². The molecule has 1 amide bonds. The van der Waals surface area contributed by atoms with Crippen LogP contribution in [0, 0.1) is 12.8 Å². The summed E-state index contributed by atoms with van der Waals surface area (Å²) >= 11 is 0. The molecule has 28 heavy (non-hydrogen) atoms. The van der Waals surface area contributed by atoms with Crippen LogP contribution in [0.2, 0.25) is 0 Å². The highest BCUT2D eigenvalue weighted by Gasteiger charge is 2.46. The molecule has 2 aliphatic rings. The molecular formula is C25H34N2O. The Labute approximate surface area is 169 Å². The van der Waals surface area contributed by atoms with Gasteiger partial charge in [-0.1, -0.05) is 67.9 Å². The number of rotatable bonds is 3. The van der Waals surface area contributed by atoms with Gasteiger partial charge in [-0.2, -0.15) is 0 Å². The number of aryl methyl sites for hydroxylation is 1. The van der Waals surface area contributed by atoms with Gasteiger partial charge in [0.05, 0.1) is 0 Å². The Kier molecular flexibility index (Phi) is 6.90. The molecule has 2 aromatic carbocycles. The largest absolute Gasteiger partial charge is 0.342 e. The number of hydrogen-bond acceptors (Lipinski definition) is 2. The van der Waals surface area contributed by atoms with Crippen LogP contribution in [-0.4, -0.2) is 29.9 Å². The minimum absolute atomic E-state index is 0.148. The van der Waals surface area contributed by atoms with Crippen molar-refractivity contribution in [1.29, 1.82) is 0 Å². The number of likely N-dealkylation sites (tertiary alicyclic amines) is 1. The fourth-order valence-electron chi connectivity index (χ4n) is 4.28. The topological polar surface area (TPSA) is 46.3 Å². The molecule has 2 fully saturated rings. The molecule has 3 nitrogen and oxygen atoms in total. The Morgan fingerprint density at radius 3 is 2.61 bits per heavy atom. The highest BCUT2D eigenvalue weighted by Crippen LogP contribution is 2.51. The lowest BCUT2D eigenvalue weighted by Gasteiger charge is -2.21. The maximum atomic E-state index is 13.0. The van der Waals surface area contributed by atoms with Crippen LogP contribution in [0.3, 0.4) is 0 Å². The van der Waals surface area contributed by atoms with E-state index in [1.54, 1.807) is 0 Å². The van der Waals surface area contributed by atoms with E-state index in [1.807, 2.05) is 13.8 Å². The molecule has 0 radical (unpaired) electrons. The standard InChI is InChI=1S/C23H28N2O.C2H6/c1-16-6-4-7-17(14-16)19-9-2-3-10-20(19)21-15-22(21)23(26)25-12-5-8-18(24)11-13-25;1-2/h2-4,6-7,9-10,14,18,21-22H,5,8,11-13,15,24H2,1H3;1-2H3. The van der Waals surface area contributed by atoms with Crippen LogP contribution in [0.5, 0.6) is 0 Å². The number of carbonyl (C=O) groups excluding carboxylic acids is 1. The Morgan fingerprint density at radius 1 is 1.04 bits per heavy atom. The van der Waals surface area contributed by atoms with Crippen LogP contribution in [0.4, 0.5) is 0 Å². The van der Waals surface area contributed by atoms with Crippen LogP contribution < -0.4 is 5.73 Å². The number of amides is 1. The van der Waals surface area contributed by atoms with Gasteiger partial charge in [0.2, 0.25) is 5.91 Å². The monoisotopic (exact) mass is 378 g/mol. The average molecular weight is 379 g/mol. The zero-order chi connectivity index (χ0) is 20.1. The minimum Gasteiger partial charge on any atom is -0.342 e. The highest BCUT2D eigenvalue weighted by molar-refractivity contribution is 5.84. The van der Waals surface area contributed by atoms with Crippen molar-refractivity contribution in [3.05, 3.63) is 59.7 Å². The van der Waals surface area contributed by atoms with Gasteiger partial charge in [-0.15, -0.1) is 0 Å². The van der Waals surface area contributed by atoms with E-state index in [9.17, 15) is 4.79 Å². The third-order valence-electron chi connectivity index (χ3n) is 5.88. The Bertz CT molecular complexity index is 801. The van der Waals surface area contributed by atoms with E-state index in [1.165, 1.54) is 22.3 Å². The smallest absolute Gasteiger partial charge is 0.226 e. The number of hydrogen-bond donors (Lipinski definition) is 1. The Morgan fingerprint density at radius 2 is 1.82 bits per heavy atom. The van der Waals surface area contributed by atoms with Crippen molar-refractivity contribution in [3.63, 3.8) is 0 Å². The SMILES string of the molecule is CC.Cc1cccc(-c2ccccc2C2CC2C(=O)N2CCCC(N)CC2)c1. The number of carbonyl (C=O) groups is 1. The summed E-state index contributed by atoms with van der Waals surface area (Å²) in [4.78, 5) is 15.1.